The van der Waals surface area contributed by atoms with Crippen molar-refractivity contribution in [2.24, 2.45) is 4.99 Å². The van der Waals surface area contributed by atoms with Gasteiger partial charge in [0.25, 0.3) is 0 Å². The maximum Gasteiger partial charge on any atom is 0.227 e. The van der Waals surface area contributed by atoms with Crippen molar-refractivity contribution in [3.63, 3.8) is 0 Å². The van der Waals surface area contributed by atoms with Crippen molar-refractivity contribution in [3.05, 3.63) is 59.3 Å². The van der Waals surface area contributed by atoms with Gasteiger partial charge in [0, 0.05) is 25.2 Å². The molecule has 2 heterocycles. The fourth-order valence-electron chi connectivity index (χ4n) is 3.49. The molecule has 2 aromatic rings. The van der Waals surface area contributed by atoms with Gasteiger partial charge in [0.2, 0.25) is 5.91 Å². The van der Waals surface area contributed by atoms with E-state index in [0.717, 1.165) is 31.3 Å². The number of ether oxygens (including phenoxy) is 1. The number of guanidine groups is 1. The number of halogens is 1. The average molecular weight is 537 g/mol. The molecule has 0 spiro atoms. The molecule has 1 fully saturated rings. The summed E-state index contributed by atoms with van der Waals surface area (Å²) >= 11 is 0. The van der Waals surface area contributed by atoms with Crippen molar-refractivity contribution in [1.82, 2.24) is 15.2 Å². The SMILES string of the molecule is CCNC(=NCCC(=O)Nc1cccc(C)n1)N1CCOC(c2ccccc2C)C1.I. The first-order valence-electron chi connectivity index (χ1n) is 10.5. The molecule has 31 heavy (non-hydrogen) atoms. The summed E-state index contributed by atoms with van der Waals surface area (Å²) in [4.78, 5) is 23.4. The molecule has 3 rings (SSSR count). The number of carbonyl (C=O) groups excluding carboxylic acids is 1. The Bertz CT molecular complexity index is 890. The van der Waals surface area contributed by atoms with E-state index in [4.69, 9.17) is 4.74 Å². The van der Waals surface area contributed by atoms with Crippen molar-refractivity contribution >= 4 is 41.7 Å². The zero-order valence-electron chi connectivity index (χ0n) is 18.4. The molecule has 1 amide bonds. The number of anilines is 1. The normalized spacial score (nSPS) is 16.4. The molecular weight excluding hydrogens is 505 g/mol. The molecule has 1 unspecified atom stereocenters. The fourth-order valence-corrected chi connectivity index (χ4v) is 3.49. The van der Waals surface area contributed by atoms with Gasteiger partial charge in [0.1, 0.15) is 11.9 Å². The molecule has 1 saturated heterocycles. The molecule has 0 bridgehead atoms. The lowest BCUT2D eigenvalue weighted by molar-refractivity contribution is -0.116. The van der Waals surface area contributed by atoms with Crippen molar-refractivity contribution in [3.8, 4) is 0 Å². The molecular formula is C23H32IN5O2. The van der Waals surface area contributed by atoms with Gasteiger partial charge >= 0.3 is 0 Å². The van der Waals surface area contributed by atoms with Gasteiger partial charge in [-0.05, 0) is 44.0 Å². The molecule has 1 aromatic heterocycles. The molecule has 0 radical (unpaired) electrons. The summed E-state index contributed by atoms with van der Waals surface area (Å²) in [6.45, 7) is 9.38. The number of hydrogen-bond acceptors (Lipinski definition) is 4. The lowest BCUT2D eigenvalue weighted by Gasteiger charge is -2.35. The van der Waals surface area contributed by atoms with Gasteiger partial charge < -0.3 is 20.3 Å². The van der Waals surface area contributed by atoms with Crippen LogP contribution < -0.4 is 10.6 Å². The van der Waals surface area contributed by atoms with Crippen LogP contribution in [0.25, 0.3) is 0 Å². The van der Waals surface area contributed by atoms with Gasteiger partial charge in [-0.25, -0.2) is 4.98 Å². The molecule has 1 atom stereocenters. The first-order valence-corrected chi connectivity index (χ1v) is 10.5. The highest BCUT2D eigenvalue weighted by Gasteiger charge is 2.25. The number of aliphatic imine (C=N–C) groups is 1. The lowest BCUT2D eigenvalue weighted by atomic mass is 10.0. The quantitative estimate of drug-likeness (QED) is 0.334. The van der Waals surface area contributed by atoms with Gasteiger partial charge in [-0.15, -0.1) is 24.0 Å². The molecule has 7 nitrogen and oxygen atoms in total. The number of nitrogens with zero attached hydrogens (tertiary/aromatic N) is 3. The molecule has 1 aliphatic heterocycles. The minimum atomic E-state index is -0.0903. The fraction of sp³-hybridized carbons (Fsp3) is 0.435. The Labute approximate surface area is 201 Å². The lowest BCUT2D eigenvalue weighted by Crippen LogP contribution is -2.48. The van der Waals surface area contributed by atoms with Crippen molar-refractivity contribution in [2.75, 3.05) is 38.1 Å². The largest absolute Gasteiger partial charge is 0.370 e. The van der Waals surface area contributed by atoms with E-state index in [0.29, 0.717) is 25.4 Å². The Balaban J connectivity index is 0.00000341. The minimum absolute atomic E-state index is 0. The van der Waals surface area contributed by atoms with Gasteiger partial charge in [0.05, 0.1) is 19.7 Å². The van der Waals surface area contributed by atoms with Crippen LogP contribution in [0.2, 0.25) is 0 Å². The van der Waals surface area contributed by atoms with Crippen molar-refractivity contribution in [2.45, 2.75) is 33.3 Å². The third-order valence-electron chi connectivity index (χ3n) is 4.99. The van der Waals surface area contributed by atoms with Gasteiger partial charge in [-0.3, -0.25) is 9.79 Å². The van der Waals surface area contributed by atoms with Crippen LogP contribution in [0.3, 0.4) is 0 Å². The summed E-state index contributed by atoms with van der Waals surface area (Å²) in [6.07, 6.45) is 0.315. The number of morpholine rings is 1. The summed E-state index contributed by atoms with van der Waals surface area (Å²) in [7, 11) is 0. The van der Waals surface area contributed by atoms with Crippen LogP contribution in [0.15, 0.2) is 47.5 Å². The van der Waals surface area contributed by atoms with Crippen LogP contribution in [0.1, 0.15) is 36.3 Å². The number of aryl methyl sites for hydroxylation is 2. The van der Waals surface area contributed by atoms with Crippen molar-refractivity contribution in [1.29, 1.82) is 0 Å². The molecule has 2 N–H and O–H groups in total. The Hall–Kier alpha value is -2.20. The average Bonchev–Trinajstić information content (AvgIpc) is 2.73. The highest BCUT2D eigenvalue weighted by molar-refractivity contribution is 14.0. The standard InChI is InChI=1S/C23H31N5O2.HI/c1-4-24-23(25-13-12-22(29)27-21-11-7-9-18(3)26-21)28-14-15-30-20(16-28)19-10-6-5-8-17(19)2;/h5-11,20H,4,12-16H2,1-3H3,(H,24,25)(H,26,27,29);1H. The number of pyridine rings is 1. The van der Waals surface area contributed by atoms with Crippen LogP contribution in [0.5, 0.6) is 0 Å². The zero-order valence-corrected chi connectivity index (χ0v) is 20.8. The Kier molecular flexibility index (Phi) is 10.2. The number of rotatable bonds is 6. The maximum absolute atomic E-state index is 12.2. The second kappa shape index (κ2) is 12.6. The van der Waals surface area contributed by atoms with E-state index in [1.807, 2.05) is 38.1 Å². The predicted molar refractivity (Wildman–Crippen MR) is 135 cm³/mol. The Morgan fingerprint density at radius 2 is 2.03 bits per heavy atom. The second-order valence-electron chi connectivity index (χ2n) is 7.36. The smallest absolute Gasteiger partial charge is 0.227 e. The van der Waals surface area contributed by atoms with E-state index in [1.165, 1.54) is 11.1 Å². The van der Waals surface area contributed by atoms with Crippen LogP contribution in [0.4, 0.5) is 5.82 Å². The van der Waals surface area contributed by atoms with Crippen molar-refractivity contribution < 1.29 is 9.53 Å². The minimum Gasteiger partial charge on any atom is -0.370 e. The number of carbonyl (C=O) groups is 1. The first-order chi connectivity index (χ1) is 14.6. The summed E-state index contributed by atoms with van der Waals surface area (Å²) < 4.78 is 6.03. The molecule has 1 aromatic carbocycles. The van der Waals surface area contributed by atoms with E-state index in [2.05, 4.69) is 44.6 Å². The Morgan fingerprint density at radius 3 is 2.77 bits per heavy atom. The molecule has 0 saturated carbocycles. The topological polar surface area (TPSA) is 78.8 Å². The van der Waals surface area contributed by atoms with Crippen LogP contribution in [0, 0.1) is 13.8 Å². The number of aromatic nitrogens is 1. The van der Waals surface area contributed by atoms with E-state index in [1.54, 1.807) is 6.07 Å². The summed E-state index contributed by atoms with van der Waals surface area (Å²) in [5.41, 5.74) is 3.31. The number of nitrogens with one attached hydrogen (secondary N) is 2. The summed E-state index contributed by atoms with van der Waals surface area (Å²) in [6, 6.07) is 13.9. The van der Waals surface area contributed by atoms with E-state index >= 15 is 0 Å². The first kappa shape index (κ1) is 25.1. The number of hydrogen-bond donors (Lipinski definition) is 2. The predicted octanol–water partition coefficient (Wildman–Crippen LogP) is 3.68. The zero-order chi connectivity index (χ0) is 21.3. The molecule has 1 aliphatic rings. The highest BCUT2D eigenvalue weighted by Crippen LogP contribution is 2.25. The summed E-state index contributed by atoms with van der Waals surface area (Å²) in [5.74, 6) is 1.30. The van der Waals surface area contributed by atoms with E-state index in [9.17, 15) is 4.79 Å². The van der Waals surface area contributed by atoms with Crippen LogP contribution in [-0.2, 0) is 9.53 Å². The van der Waals surface area contributed by atoms with E-state index < -0.39 is 0 Å². The van der Waals surface area contributed by atoms with Gasteiger partial charge in [-0.2, -0.15) is 0 Å². The molecule has 168 valence electrons. The second-order valence-corrected chi connectivity index (χ2v) is 7.36. The molecule has 8 heteroatoms. The highest BCUT2D eigenvalue weighted by atomic mass is 127. The number of amides is 1. The summed E-state index contributed by atoms with van der Waals surface area (Å²) in [5, 5.41) is 6.18. The third kappa shape index (κ3) is 7.46. The van der Waals surface area contributed by atoms with Crippen LogP contribution in [-0.4, -0.2) is 54.5 Å². The molecule has 0 aliphatic carbocycles. The Morgan fingerprint density at radius 1 is 1.23 bits per heavy atom. The van der Waals surface area contributed by atoms with E-state index in [-0.39, 0.29) is 36.0 Å². The van der Waals surface area contributed by atoms with Crippen LogP contribution >= 0.6 is 24.0 Å². The van der Waals surface area contributed by atoms with Gasteiger partial charge in [0.15, 0.2) is 5.96 Å². The maximum atomic E-state index is 12.2. The number of benzene rings is 1. The van der Waals surface area contributed by atoms with Gasteiger partial charge in [-0.1, -0.05) is 30.3 Å². The third-order valence-corrected chi connectivity index (χ3v) is 4.99. The monoisotopic (exact) mass is 537 g/mol.